The molecule has 1 amide bonds. The lowest BCUT2D eigenvalue weighted by atomic mass is 10.0. The van der Waals surface area contributed by atoms with Crippen molar-refractivity contribution in [2.45, 2.75) is 70.1 Å². The van der Waals surface area contributed by atoms with Crippen LogP contribution in [0.2, 0.25) is 0 Å². The molecule has 12 heteroatoms. The van der Waals surface area contributed by atoms with E-state index >= 15 is 0 Å². The zero-order valence-corrected chi connectivity index (χ0v) is 26.7. The van der Waals surface area contributed by atoms with Gasteiger partial charge in [-0.25, -0.2) is 9.97 Å². The summed E-state index contributed by atoms with van der Waals surface area (Å²) in [5.41, 5.74) is 11.2. The normalized spacial score (nSPS) is 22.5. The first-order valence-corrected chi connectivity index (χ1v) is 16.5. The molecule has 5 N–H and O–H groups in total. The zero-order valence-electron chi connectivity index (χ0n) is 26.7. The molecule has 45 heavy (non-hydrogen) atoms. The summed E-state index contributed by atoms with van der Waals surface area (Å²) in [6.07, 6.45) is 6.36. The fourth-order valence-corrected chi connectivity index (χ4v) is 7.23. The SMILES string of the molecule is Cc1cc(-c2nc(C(N)=O)c(Nc3ccc(N4CCC(N5CCN(C)CC5)CC4)c(C)c3)nc2NC2CCOC3(CC3)C2)n[nH]1. The van der Waals surface area contributed by atoms with Gasteiger partial charge >= 0.3 is 0 Å². The van der Waals surface area contributed by atoms with E-state index in [2.05, 4.69) is 67.7 Å². The number of aromatic nitrogens is 4. The Hall–Kier alpha value is -3.74. The predicted molar refractivity (Wildman–Crippen MR) is 176 cm³/mol. The number of ether oxygens (including phenoxy) is 1. The van der Waals surface area contributed by atoms with Gasteiger partial charge in [0.1, 0.15) is 11.4 Å². The van der Waals surface area contributed by atoms with Crippen LogP contribution >= 0.6 is 0 Å². The fourth-order valence-electron chi connectivity index (χ4n) is 7.23. The van der Waals surface area contributed by atoms with Gasteiger partial charge in [0, 0.05) is 75.0 Å². The Bertz CT molecular complexity index is 1540. The van der Waals surface area contributed by atoms with Crippen molar-refractivity contribution in [3.63, 3.8) is 0 Å². The molecule has 1 saturated carbocycles. The van der Waals surface area contributed by atoms with Gasteiger partial charge in [0.05, 0.1) is 5.60 Å². The van der Waals surface area contributed by atoms with Gasteiger partial charge in [-0.2, -0.15) is 5.10 Å². The molecule has 1 atom stereocenters. The Kier molecular flexibility index (Phi) is 8.13. The Balaban J connectivity index is 1.10. The molecular weight excluding hydrogens is 568 g/mol. The van der Waals surface area contributed by atoms with E-state index in [1.54, 1.807) is 0 Å². The van der Waals surface area contributed by atoms with Crippen molar-refractivity contribution in [3.8, 4) is 11.4 Å². The van der Waals surface area contributed by atoms with E-state index in [4.69, 9.17) is 20.4 Å². The monoisotopic (exact) mass is 614 g/mol. The molecule has 0 bridgehead atoms. The number of nitrogens with one attached hydrogen (secondary N) is 3. The molecule has 3 saturated heterocycles. The zero-order chi connectivity index (χ0) is 31.1. The van der Waals surface area contributed by atoms with Crippen molar-refractivity contribution < 1.29 is 9.53 Å². The lowest BCUT2D eigenvalue weighted by molar-refractivity contribution is -0.00884. The first-order valence-electron chi connectivity index (χ1n) is 16.5. The van der Waals surface area contributed by atoms with Crippen LogP contribution in [0.25, 0.3) is 11.4 Å². The van der Waals surface area contributed by atoms with Crippen molar-refractivity contribution in [1.82, 2.24) is 30.0 Å². The topological polar surface area (TPSA) is 141 Å². The number of piperazine rings is 1. The third-order valence-corrected chi connectivity index (χ3v) is 10.0. The van der Waals surface area contributed by atoms with E-state index in [9.17, 15) is 4.79 Å². The molecule has 12 nitrogen and oxygen atoms in total. The van der Waals surface area contributed by atoms with Crippen LogP contribution in [0, 0.1) is 13.8 Å². The van der Waals surface area contributed by atoms with Crippen molar-refractivity contribution in [2.75, 3.05) is 68.5 Å². The van der Waals surface area contributed by atoms with Gasteiger partial charge in [0.2, 0.25) is 0 Å². The molecule has 4 aliphatic rings. The highest BCUT2D eigenvalue weighted by molar-refractivity contribution is 5.97. The molecule has 0 radical (unpaired) electrons. The smallest absolute Gasteiger partial charge is 0.271 e. The third kappa shape index (κ3) is 6.49. The van der Waals surface area contributed by atoms with Crippen molar-refractivity contribution in [3.05, 3.63) is 41.2 Å². The lowest BCUT2D eigenvalue weighted by Gasteiger charge is -2.43. The van der Waals surface area contributed by atoms with Crippen LogP contribution in [-0.4, -0.2) is 106 Å². The van der Waals surface area contributed by atoms with Gasteiger partial charge < -0.3 is 30.9 Å². The second-order valence-electron chi connectivity index (χ2n) is 13.5. The van der Waals surface area contributed by atoms with Crippen molar-refractivity contribution in [1.29, 1.82) is 0 Å². The largest absolute Gasteiger partial charge is 0.375 e. The number of rotatable bonds is 8. The Morgan fingerprint density at radius 2 is 1.80 bits per heavy atom. The molecule has 4 fully saturated rings. The number of piperidine rings is 1. The molecule has 2 aromatic heterocycles. The average molecular weight is 615 g/mol. The van der Waals surface area contributed by atoms with Gasteiger partial charge in [-0.15, -0.1) is 0 Å². The predicted octanol–water partition coefficient (Wildman–Crippen LogP) is 3.67. The van der Waals surface area contributed by atoms with E-state index in [0.29, 0.717) is 35.7 Å². The van der Waals surface area contributed by atoms with E-state index in [1.807, 2.05) is 13.0 Å². The molecule has 1 aromatic carbocycles. The summed E-state index contributed by atoms with van der Waals surface area (Å²) in [7, 11) is 2.21. The number of nitrogens with two attached hydrogens (primary N) is 1. The maximum absolute atomic E-state index is 12.7. The number of aryl methyl sites for hydroxylation is 2. The quantitative estimate of drug-likeness (QED) is 0.297. The average Bonchev–Trinajstić information content (AvgIpc) is 3.62. The first kappa shape index (κ1) is 29.9. The van der Waals surface area contributed by atoms with Crippen molar-refractivity contribution >= 4 is 28.9 Å². The van der Waals surface area contributed by atoms with Crippen LogP contribution in [0.5, 0.6) is 0 Å². The number of likely N-dealkylation sites (N-methyl/N-ethyl adjacent to an activating group) is 1. The number of hydrogen-bond donors (Lipinski definition) is 4. The number of anilines is 4. The summed E-state index contributed by atoms with van der Waals surface area (Å²) >= 11 is 0. The van der Waals surface area contributed by atoms with Gasteiger partial charge in [0.15, 0.2) is 17.3 Å². The minimum atomic E-state index is -0.648. The number of H-pyrrole nitrogens is 1. The highest BCUT2D eigenvalue weighted by Crippen LogP contribution is 2.47. The van der Waals surface area contributed by atoms with Crippen LogP contribution in [0.1, 0.15) is 60.3 Å². The molecule has 3 aromatic rings. The Morgan fingerprint density at radius 3 is 2.47 bits per heavy atom. The number of nitrogens with zero attached hydrogens (tertiary/aromatic N) is 6. The Morgan fingerprint density at radius 1 is 1.02 bits per heavy atom. The highest BCUT2D eigenvalue weighted by atomic mass is 16.5. The minimum absolute atomic E-state index is 0.000208. The van der Waals surface area contributed by atoms with E-state index in [1.165, 1.54) is 37.2 Å². The molecular formula is C33H46N10O2. The van der Waals surface area contributed by atoms with Crippen molar-refractivity contribution in [2.24, 2.45) is 5.73 Å². The van der Waals surface area contributed by atoms with Gasteiger partial charge in [-0.05, 0) is 89.2 Å². The highest BCUT2D eigenvalue weighted by Gasteiger charge is 2.48. The van der Waals surface area contributed by atoms with Gasteiger partial charge in [-0.1, -0.05) is 0 Å². The summed E-state index contributed by atoms with van der Waals surface area (Å²) in [6.45, 7) is 11.6. The number of carbonyl (C=O) groups excluding carboxylic acids is 1. The van der Waals surface area contributed by atoms with Crippen LogP contribution in [0.15, 0.2) is 24.3 Å². The number of carbonyl (C=O) groups is 1. The minimum Gasteiger partial charge on any atom is -0.375 e. The summed E-state index contributed by atoms with van der Waals surface area (Å²) in [5, 5.41) is 14.4. The molecule has 1 spiro atoms. The standard InChI is InChI=1S/C33H46N10O2/c1-21-18-23(4-5-27(21)43-11-6-25(7-12-43)42-15-13-41(3)14-16-42)35-32-29(30(34)44)37-28(26-19-22(2)39-40-26)31(38-32)36-24-8-17-45-33(20-24)9-10-33/h4-5,18-19,24-25H,6-17,20H2,1-3H3,(H2,34,44)(H,39,40)(H2,35,36,38). The molecule has 3 aliphatic heterocycles. The maximum atomic E-state index is 12.7. The summed E-state index contributed by atoms with van der Waals surface area (Å²) in [4.78, 5) is 30.0. The van der Waals surface area contributed by atoms with Crippen LogP contribution in [0.4, 0.5) is 23.0 Å². The van der Waals surface area contributed by atoms with Crippen LogP contribution in [-0.2, 0) is 4.74 Å². The van der Waals surface area contributed by atoms with E-state index < -0.39 is 5.91 Å². The second kappa shape index (κ2) is 12.2. The molecule has 7 rings (SSSR count). The maximum Gasteiger partial charge on any atom is 0.271 e. The Labute approximate surface area is 265 Å². The van der Waals surface area contributed by atoms with E-state index in [-0.39, 0.29) is 17.3 Å². The molecule has 240 valence electrons. The number of primary amides is 1. The lowest BCUT2D eigenvalue weighted by Crippen LogP contribution is -2.52. The van der Waals surface area contributed by atoms with E-state index in [0.717, 1.165) is 63.2 Å². The number of aromatic amines is 1. The number of amides is 1. The summed E-state index contributed by atoms with van der Waals surface area (Å²) in [5.74, 6) is 0.257. The fraction of sp³-hybridized carbons (Fsp3) is 0.576. The molecule has 5 heterocycles. The number of hydrogen-bond acceptors (Lipinski definition) is 10. The van der Waals surface area contributed by atoms with Gasteiger partial charge in [-0.3, -0.25) is 14.8 Å². The first-order chi connectivity index (χ1) is 21.7. The van der Waals surface area contributed by atoms with Crippen LogP contribution < -0.4 is 21.3 Å². The summed E-state index contributed by atoms with van der Waals surface area (Å²) in [6, 6.07) is 9.09. The third-order valence-electron chi connectivity index (χ3n) is 10.0. The second-order valence-corrected chi connectivity index (χ2v) is 13.5. The van der Waals surface area contributed by atoms with Gasteiger partial charge in [0.25, 0.3) is 5.91 Å². The summed E-state index contributed by atoms with van der Waals surface area (Å²) < 4.78 is 6.04. The van der Waals surface area contributed by atoms with Crippen LogP contribution in [0.3, 0.4) is 0 Å². The molecule has 1 unspecified atom stereocenters. The molecule has 1 aliphatic carbocycles. The number of benzene rings is 1.